The summed E-state index contributed by atoms with van der Waals surface area (Å²) in [6, 6.07) is 1.80. The molecule has 0 fully saturated rings. The summed E-state index contributed by atoms with van der Waals surface area (Å²) in [6.07, 6.45) is 2.87. The lowest BCUT2D eigenvalue weighted by Gasteiger charge is -2.11. The van der Waals surface area contributed by atoms with Crippen molar-refractivity contribution in [2.75, 3.05) is 12.4 Å². The van der Waals surface area contributed by atoms with Crippen LogP contribution in [0.3, 0.4) is 0 Å². The summed E-state index contributed by atoms with van der Waals surface area (Å²) in [5.41, 5.74) is 7.37. The van der Waals surface area contributed by atoms with E-state index < -0.39 is 0 Å². The van der Waals surface area contributed by atoms with Gasteiger partial charge in [-0.1, -0.05) is 0 Å². The zero-order valence-corrected chi connectivity index (χ0v) is 16.2. The summed E-state index contributed by atoms with van der Waals surface area (Å²) >= 11 is 8.23. The van der Waals surface area contributed by atoms with E-state index in [0.29, 0.717) is 16.1 Å². The van der Waals surface area contributed by atoms with E-state index in [4.69, 9.17) is 17.0 Å². The molecule has 0 unspecified atom stereocenters. The Kier molecular flexibility index (Phi) is 5.36. The van der Waals surface area contributed by atoms with E-state index in [2.05, 4.69) is 16.2 Å². The lowest BCUT2D eigenvalue weighted by atomic mass is 10.1. The number of methoxy groups -OCH3 is 1. The van der Waals surface area contributed by atoms with E-state index in [1.807, 2.05) is 6.92 Å². The van der Waals surface area contributed by atoms with Crippen LogP contribution in [0.4, 0.5) is 5.00 Å². The van der Waals surface area contributed by atoms with Crippen LogP contribution >= 0.6 is 34.9 Å². The van der Waals surface area contributed by atoms with E-state index in [0.717, 1.165) is 29.7 Å². The van der Waals surface area contributed by atoms with E-state index in [1.54, 1.807) is 11.4 Å². The molecule has 2 heterocycles. The highest BCUT2D eigenvalue weighted by Crippen LogP contribution is 2.39. The van der Waals surface area contributed by atoms with Crippen molar-refractivity contribution in [3.63, 3.8) is 0 Å². The first-order valence-corrected chi connectivity index (χ1v) is 9.75. The number of esters is 1. The number of rotatable bonds is 3. The van der Waals surface area contributed by atoms with Crippen molar-refractivity contribution in [3.05, 3.63) is 37.9 Å². The minimum Gasteiger partial charge on any atom is -0.465 e. The van der Waals surface area contributed by atoms with Gasteiger partial charge in [0.15, 0.2) is 5.11 Å². The van der Waals surface area contributed by atoms with Gasteiger partial charge in [-0.25, -0.2) is 4.79 Å². The number of amides is 1. The summed E-state index contributed by atoms with van der Waals surface area (Å²) < 4.78 is 4.90. The van der Waals surface area contributed by atoms with Crippen molar-refractivity contribution in [3.8, 4) is 0 Å². The number of fused-ring (bicyclic) bond motifs is 1. The first-order chi connectivity index (χ1) is 12.0. The number of hydrogen-bond acceptors (Lipinski definition) is 6. The zero-order valence-electron chi connectivity index (χ0n) is 13.7. The second-order valence-corrected chi connectivity index (χ2v) is 8.16. The third kappa shape index (κ3) is 3.83. The number of thiophene rings is 2. The Morgan fingerprint density at radius 3 is 2.76 bits per heavy atom. The molecule has 0 saturated heterocycles. The second kappa shape index (κ2) is 7.51. The van der Waals surface area contributed by atoms with Gasteiger partial charge in [0.2, 0.25) is 0 Å². The lowest BCUT2D eigenvalue weighted by molar-refractivity contribution is 0.0601. The number of thiocarbonyl (C=S) groups is 1. The van der Waals surface area contributed by atoms with E-state index in [1.165, 1.54) is 34.7 Å². The van der Waals surface area contributed by atoms with E-state index in [9.17, 15) is 9.59 Å². The molecule has 3 rings (SSSR count). The van der Waals surface area contributed by atoms with Crippen LogP contribution in [0.1, 0.15) is 42.5 Å². The Morgan fingerprint density at radius 2 is 2.08 bits per heavy atom. The number of nitrogens with one attached hydrogen (secondary N) is 3. The van der Waals surface area contributed by atoms with Gasteiger partial charge in [-0.05, 0) is 50.0 Å². The van der Waals surface area contributed by atoms with Crippen LogP contribution in [-0.4, -0.2) is 24.1 Å². The van der Waals surface area contributed by atoms with Crippen LogP contribution in [0, 0.1) is 6.92 Å². The van der Waals surface area contributed by atoms with Crippen LogP contribution in [0.5, 0.6) is 0 Å². The number of carbonyl (C=O) groups excluding carboxylic acids is 2. The minimum atomic E-state index is -0.373. The molecule has 1 aliphatic carbocycles. The van der Waals surface area contributed by atoms with E-state index >= 15 is 0 Å². The van der Waals surface area contributed by atoms with Crippen LogP contribution in [-0.2, 0) is 17.6 Å². The Hall–Kier alpha value is -1.97. The molecule has 0 radical (unpaired) electrons. The number of hydrazine groups is 1. The number of ether oxygens (including phenoxy) is 1. The molecule has 25 heavy (non-hydrogen) atoms. The molecule has 0 aromatic carbocycles. The van der Waals surface area contributed by atoms with Gasteiger partial charge in [-0.3, -0.25) is 15.6 Å². The molecule has 2 aromatic rings. The van der Waals surface area contributed by atoms with Crippen LogP contribution in [0.25, 0.3) is 0 Å². The molecule has 0 atom stereocenters. The maximum Gasteiger partial charge on any atom is 0.341 e. The normalized spacial score (nSPS) is 12.4. The van der Waals surface area contributed by atoms with E-state index in [-0.39, 0.29) is 17.0 Å². The Labute approximate surface area is 158 Å². The lowest BCUT2D eigenvalue weighted by Crippen LogP contribution is -2.43. The maximum absolute atomic E-state index is 12.1. The monoisotopic (exact) mass is 395 g/mol. The standard InChI is InChI=1S/C16H17N3O3S3/c1-8-6-9(7-24-8)13(20)18-19-16(23)17-14-12(15(21)22-2)10-4-3-5-11(10)25-14/h6-7H,3-5H2,1-2H3,(H,18,20)(H2,17,19,23). The summed E-state index contributed by atoms with van der Waals surface area (Å²) in [6.45, 7) is 1.94. The fraction of sp³-hybridized carbons (Fsp3) is 0.312. The van der Waals surface area contributed by atoms with Gasteiger partial charge in [-0.15, -0.1) is 22.7 Å². The largest absolute Gasteiger partial charge is 0.465 e. The quantitative estimate of drug-likeness (QED) is 0.421. The van der Waals surface area contributed by atoms with Crippen molar-refractivity contribution in [1.82, 2.24) is 10.9 Å². The van der Waals surface area contributed by atoms with Crippen molar-refractivity contribution < 1.29 is 14.3 Å². The summed E-state index contributed by atoms with van der Waals surface area (Å²) in [5.74, 6) is -0.641. The molecule has 1 amide bonds. The zero-order chi connectivity index (χ0) is 18.0. The Morgan fingerprint density at radius 1 is 1.28 bits per heavy atom. The number of aryl methyl sites for hydroxylation is 2. The topological polar surface area (TPSA) is 79.5 Å². The third-order valence-electron chi connectivity index (χ3n) is 3.82. The van der Waals surface area contributed by atoms with Gasteiger partial charge in [-0.2, -0.15) is 0 Å². The smallest absolute Gasteiger partial charge is 0.341 e. The molecule has 0 aliphatic heterocycles. The Bertz CT molecular complexity index is 841. The molecule has 2 aromatic heterocycles. The fourth-order valence-corrected chi connectivity index (χ4v) is 4.88. The van der Waals surface area contributed by atoms with Gasteiger partial charge < -0.3 is 10.1 Å². The highest BCUT2D eigenvalue weighted by molar-refractivity contribution is 7.80. The molecule has 1 aliphatic rings. The predicted octanol–water partition coefficient (Wildman–Crippen LogP) is 3.02. The molecule has 6 nitrogen and oxygen atoms in total. The molecular weight excluding hydrogens is 378 g/mol. The van der Waals surface area contributed by atoms with Gasteiger partial charge >= 0.3 is 5.97 Å². The summed E-state index contributed by atoms with van der Waals surface area (Å²) in [5, 5.41) is 5.63. The number of anilines is 1. The predicted molar refractivity (Wildman–Crippen MR) is 104 cm³/mol. The molecule has 3 N–H and O–H groups in total. The van der Waals surface area contributed by atoms with Crippen molar-refractivity contribution in [2.24, 2.45) is 0 Å². The van der Waals surface area contributed by atoms with Crippen molar-refractivity contribution >= 4 is 56.9 Å². The first-order valence-electron chi connectivity index (χ1n) is 7.65. The number of hydrogen-bond donors (Lipinski definition) is 3. The maximum atomic E-state index is 12.1. The van der Waals surface area contributed by atoms with Crippen LogP contribution in [0.15, 0.2) is 11.4 Å². The first kappa shape index (κ1) is 17.8. The van der Waals surface area contributed by atoms with Gasteiger partial charge in [0.25, 0.3) is 5.91 Å². The SMILES string of the molecule is COC(=O)c1c(NC(=S)NNC(=O)c2csc(C)c2)sc2c1CCC2. The fourth-order valence-electron chi connectivity index (χ4n) is 2.69. The molecular formula is C16H17N3O3S3. The van der Waals surface area contributed by atoms with Crippen molar-refractivity contribution in [1.29, 1.82) is 0 Å². The summed E-state index contributed by atoms with van der Waals surface area (Å²) in [4.78, 5) is 26.4. The molecule has 9 heteroatoms. The summed E-state index contributed by atoms with van der Waals surface area (Å²) in [7, 11) is 1.37. The third-order valence-corrected chi connectivity index (χ3v) is 6.09. The molecule has 132 valence electrons. The van der Waals surface area contributed by atoms with Crippen LogP contribution < -0.4 is 16.2 Å². The molecule has 0 spiro atoms. The molecule has 0 saturated carbocycles. The second-order valence-electron chi connectivity index (χ2n) is 5.53. The Balaban J connectivity index is 1.65. The minimum absolute atomic E-state index is 0.213. The number of carbonyl (C=O) groups is 2. The van der Waals surface area contributed by atoms with Gasteiger partial charge in [0.05, 0.1) is 18.2 Å². The highest BCUT2D eigenvalue weighted by atomic mass is 32.1. The average molecular weight is 396 g/mol. The van der Waals surface area contributed by atoms with Gasteiger partial charge in [0, 0.05) is 15.1 Å². The van der Waals surface area contributed by atoms with Crippen molar-refractivity contribution in [2.45, 2.75) is 26.2 Å². The molecule has 0 bridgehead atoms. The average Bonchev–Trinajstić information content (AvgIpc) is 3.27. The highest BCUT2D eigenvalue weighted by Gasteiger charge is 2.27. The van der Waals surface area contributed by atoms with Gasteiger partial charge in [0.1, 0.15) is 5.00 Å². The van der Waals surface area contributed by atoms with Crippen LogP contribution in [0.2, 0.25) is 0 Å².